The molecule has 0 spiro atoms. The number of carbonyl (C=O) groups excluding carboxylic acids is 2. The number of benzene rings is 3. The van der Waals surface area contributed by atoms with Gasteiger partial charge in [0, 0.05) is 34.2 Å². The maximum atomic E-state index is 12.9. The molecule has 152 valence electrons. The minimum absolute atomic E-state index is 0.253. The number of fused-ring (bicyclic) bond motifs is 1. The molecule has 0 atom stereocenters. The van der Waals surface area contributed by atoms with E-state index < -0.39 is 6.03 Å². The van der Waals surface area contributed by atoms with Gasteiger partial charge < -0.3 is 9.88 Å². The van der Waals surface area contributed by atoms with Crippen LogP contribution in [0.5, 0.6) is 0 Å². The van der Waals surface area contributed by atoms with Crippen LogP contribution in [0.15, 0.2) is 90.8 Å². The molecule has 1 aliphatic rings. The molecule has 1 fully saturated rings. The van der Waals surface area contributed by atoms with Crippen molar-refractivity contribution < 1.29 is 9.59 Å². The van der Waals surface area contributed by atoms with Crippen LogP contribution in [0, 0.1) is 0 Å². The fourth-order valence-electron chi connectivity index (χ4n) is 3.81. The Morgan fingerprint density at radius 1 is 0.871 bits per heavy atom. The van der Waals surface area contributed by atoms with E-state index in [4.69, 9.17) is 11.6 Å². The number of rotatable bonds is 4. The molecule has 3 aromatic carbocycles. The van der Waals surface area contributed by atoms with Crippen LogP contribution in [0.2, 0.25) is 5.02 Å². The fraction of sp³-hybridized carbons (Fsp3) is 0.0400. The van der Waals surface area contributed by atoms with Crippen molar-refractivity contribution in [2.75, 3.05) is 4.90 Å². The van der Waals surface area contributed by atoms with Crippen molar-refractivity contribution in [3.8, 4) is 0 Å². The molecule has 5 nitrogen and oxygen atoms in total. The number of hydrogen-bond donors (Lipinski definition) is 1. The van der Waals surface area contributed by atoms with Crippen molar-refractivity contribution in [3.05, 3.63) is 107 Å². The smallest absolute Gasteiger partial charge is 0.333 e. The monoisotopic (exact) mass is 427 g/mol. The lowest BCUT2D eigenvalue weighted by Gasteiger charge is -2.10. The van der Waals surface area contributed by atoms with E-state index in [1.807, 2.05) is 60.8 Å². The average molecular weight is 428 g/mol. The molecule has 0 saturated carbocycles. The predicted molar refractivity (Wildman–Crippen MR) is 123 cm³/mol. The van der Waals surface area contributed by atoms with Gasteiger partial charge in [0.25, 0.3) is 5.91 Å². The molecule has 1 aliphatic heterocycles. The first-order valence-electron chi connectivity index (χ1n) is 9.85. The molecule has 5 rings (SSSR count). The molecule has 0 aliphatic carbocycles. The lowest BCUT2D eigenvalue weighted by atomic mass is 10.1. The molecular weight excluding hydrogens is 410 g/mol. The molecule has 6 heteroatoms. The maximum Gasteiger partial charge on any atom is 0.333 e. The number of imide groups is 1. The van der Waals surface area contributed by atoms with Gasteiger partial charge in [-0.05, 0) is 42.0 Å². The number of hydrogen-bond acceptors (Lipinski definition) is 2. The Bertz CT molecular complexity index is 1320. The number of nitrogens with one attached hydrogen (secondary N) is 1. The molecule has 0 radical (unpaired) electrons. The van der Waals surface area contributed by atoms with Crippen molar-refractivity contribution >= 4 is 46.2 Å². The molecule has 0 unspecified atom stereocenters. The Morgan fingerprint density at radius 3 is 2.35 bits per heavy atom. The molecule has 1 saturated heterocycles. The van der Waals surface area contributed by atoms with E-state index in [1.54, 1.807) is 30.3 Å². The molecular formula is C25H18ClN3O2. The number of amides is 3. The van der Waals surface area contributed by atoms with Gasteiger partial charge in [-0.1, -0.05) is 60.1 Å². The number of halogens is 1. The molecule has 2 heterocycles. The summed E-state index contributed by atoms with van der Waals surface area (Å²) in [7, 11) is 0. The molecule has 1 aromatic heterocycles. The van der Waals surface area contributed by atoms with Gasteiger partial charge in [0.2, 0.25) is 0 Å². The lowest BCUT2D eigenvalue weighted by Crippen LogP contribution is -2.30. The van der Waals surface area contributed by atoms with Gasteiger partial charge in [-0.25, -0.2) is 9.69 Å². The van der Waals surface area contributed by atoms with Crippen LogP contribution in [0.3, 0.4) is 0 Å². The first kappa shape index (κ1) is 19.2. The highest BCUT2D eigenvalue weighted by atomic mass is 35.5. The SMILES string of the molecule is O=C1NC(=Cc2cn(Cc3ccc(Cl)cc3)c3ccccc23)C(=O)N1c1ccccc1. The van der Waals surface area contributed by atoms with Gasteiger partial charge in [-0.15, -0.1) is 0 Å². The van der Waals surface area contributed by atoms with Gasteiger partial charge in [0.05, 0.1) is 5.69 Å². The second kappa shape index (κ2) is 7.78. The summed E-state index contributed by atoms with van der Waals surface area (Å²) in [6.07, 6.45) is 3.74. The minimum Gasteiger partial charge on any atom is -0.342 e. The third-order valence-corrected chi connectivity index (χ3v) is 5.53. The Morgan fingerprint density at radius 2 is 1.58 bits per heavy atom. The highest BCUT2D eigenvalue weighted by molar-refractivity contribution is 6.30. The number of aromatic nitrogens is 1. The second-order valence-electron chi connectivity index (χ2n) is 7.32. The van der Waals surface area contributed by atoms with Crippen LogP contribution in [0.25, 0.3) is 17.0 Å². The highest BCUT2D eigenvalue weighted by Gasteiger charge is 2.34. The Hall–Kier alpha value is -3.83. The van der Waals surface area contributed by atoms with Gasteiger partial charge in [0.1, 0.15) is 5.70 Å². The van der Waals surface area contributed by atoms with Gasteiger partial charge in [-0.3, -0.25) is 4.79 Å². The van der Waals surface area contributed by atoms with Crippen molar-refractivity contribution in [1.82, 2.24) is 9.88 Å². The molecule has 3 amide bonds. The highest BCUT2D eigenvalue weighted by Crippen LogP contribution is 2.27. The van der Waals surface area contributed by atoms with Gasteiger partial charge >= 0.3 is 6.03 Å². The summed E-state index contributed by atoms with van der Waals surface area (Å²) in [6.45, 7) is 0.664. The zero-order valence-corrected chi connectivity index (χ0v) is 17.2. The van der Waals surface area contributed by atoms with E-state index in [1.165, 1.54) is 0 Å². The van der Waals surface area contributed by atoms with Crippen LogP contribution >= 0.6 is 11.6 Å². The third-order valence-electron chi connectivity index (χ3n) is 5.28. The van der Waals surface area contributed by atoms with Crippen molar-refractivity contribution in [2.24, 2.45) is 0 Å². The van der Waals surface area contributed by atoms with Crippen molar-refractivity contribution in [2.45, 2.75) is 6.54 Å². The van der Waals surface area contributed by atoms with Crippen LogP contribution in [0.1, 0.15) is 11.1 Å². The summed E-state index contributed by atoms with van der Waals surface area (Å²) in [5.74, 6) is -0.370. The van der Waals surface area contributed by atoms with Gasteiger partial charge in [-0.2, -0.15) is 0 Å². The quantitative estimate of drug-likeness (QED) is 0.348. The Labute approximate surface area is 184 Å². The fourth-order valence-corrected chi connectivity index (χ4v) is 3.94. The van der Waals surface area contributed by atoms with Crippen LogP contribution in [-0.4, -0.2) is 16.5 Å². The third kappa shape index (κ3) is 3.60. The number of carbonyl (C=O) groups is 2. The first-order chi connectivity index (χ1) is 15.1. The zero-order valence-electron chi connectivity index (χ0n) is 16.5. The Kier molecular flexibility index (Phi) is 4.81. The molecule has 31 heavy (non-hydrogen) atoms. The van der Waals surface area contributed by atoms with E-state index >= 15 is 0 Å². The second-order valence-corrected chi connectivity index (χ2v) is 7.76. The van der Waals surface area contributed by atoms with E-state index in [0.29, 0.717) is 17.3 Å². The van der Waals surface area contributed by atoms with E-state index in [9.17, 15) is 9.59 Å². The van der Waals surface area contributed by atoms with Crippen molar-refractivity contribution in [3.63, 3.8) is 0 Å². The van der Waals surface area contributed by atoms with Crippen LogP contribution < -0.4 is 10.2 Å². The van der Waals surface area contributed by atoms with E-state index in [2.05, 4.69) is 9.88 Å². The normalized spacial score (nSPS) is 15.1. The summed E-state index contributed by atoms with van der Waals surface area (Å²) in [5.41, 5.74) is 3.82. The molecule has 0 bridgehead atoms. The van der Waals surface area contributed by atoms with E-state index in [0.717, 1.165) is 26.9 Å². The van der Waals surface area contributed by atoms with Crippen molar-refractivity contribution in [1.29, 1.82) is 0 Å². The number of para-hydroxylation sites is 2. The zero-order chi connectivity index (χ0) is 21.4. The average Bonchev–Trinajstić information content (AvgIpc) is 3.27. The van der Waals surface area contributed by atoms with E-state index in [-0.39, 0.29) is 11.6 Å². The largest absolute Gasteiger partial charge is 0.342 e. The van der Waals surface area contributed by atoms with Crippen LogP contribution in [-0.2, 0) is 11.3 Å². The standard InChI is InChI=1S/C25H18ClN3O2/c26-19-12-10-17(11-13-19)15-28-16-18(21-8-4-5-9-23(21)28)14-22-24(30)29(25(31)27-22)20-6-2-1-3-7-20/h1-14,16H,15H2,(H,27,31). The summed E-state index contributed by atoms with van der Waals surface area (Å²) < 4.78 is 2.13. The topological polar surface area (TPSA) is 54.3 Å². The maximum absolute atomic E-state index is 12.9. The van der Waals surface area contributed by atoms with Crippen LogP contribution in [0.4, 0.5) is 10.5 Å². The summed E-state index contributed by atoms with van der Waals surface area (Å²) in [6, 6.07) is 24.2. The summed E-state index contributed by atoms with van der Waals surface area (Å²) in [4.78, 5) is 26.6. The number of anilines is 1. The predicted octanol–water partition coefficient (Wildman–Crippen LogP) is 5.44. The number of urea groups is 1. The molecule has 1 N–H and O–H groups in total. The summed E-state index contributed by atoms with van der Waals surface area (Å²) in [5, 5.41) is 4.41. The molecule has 4 aromatic rings. The van der Waals surface area contributed by atoms with Gasteiger partial charge in [0.15, 0.2) is 0 Å². The Balaban J connectivity index is 1.52. The minimum atomic E-state index is -0.452. The first-order valence-corrected chi connectivity index (χ1v) is 10.2. The number of nitrogens with zero attached hydrogens (tertiary/aromatic N) is 2. The summed E-state index contributed by atoms with van der Waals surface area (Å²) >= 11 is 6.01. The lowest BCUT2D eigenvalue weighted by molar-refractivity contribution is -0.113.